The molecule has 0 aromatic heterocycles. The van der Waals surface area contributed by atoms with Gasteiger partial charge >= 0.3 is 0 Å². The molecule has 0 N–H and O–H groups in total. The maximum atomic E-state index is 13.4. The lowest BCUT2D eigenvalue weighted by Gasteiger charge is -2.24. The molecule has 0 atom stereocenters. The molecule has 0 saturated heterocycles. The summed E-state index contributed by atoms with van der Waals surface area (Å²) in [5, 5.41) is 0. The molecule has 3 rings (SSSR count). The number of rotatable bonds is 3. The minimum atomic E-state index is -0.0248. The number of carbonyl (C=O) groups is 1. The van der Waals surface area contributed by atoms with Crippen molar-refractivity contribution < 1.29 is 4.79 Å². The first kappa shape index (κ1) is 18.9. The molecule has 0 bridgehead atoms. The average Bonchev–Trinajstić information content (AvgIpc) is 2.64. The second-order valence-corrected chi connectivity index (χ2v) is 8.14. The maximum Gasteiger partial charge on any atom is 0.262 e. The third kappa shape index (κ3) is 4.28. The minimum absolute atomic E-state index is 0.0248. The predicted octanol–water partition coefficient (Wildman–Crippen LogP) is 6.58. The van der Waals surface area contributed by atoms with Gasteiger partial charge in [-0.25, -0.2) is 0 Å². The van der Waals surface area contributed by atoms with Gasteiger partial charge in [-0.05, 0) is 61.2 Å². The van der Waals surface area contributed by atoms with Crippen LogP contribution in [0.1, 0.15) is 47.8 Å². The van der Waals surface area contributed by atoms with Crippen molar-refractivity contribution in [2.45, 2.75) is 40.0 Å². The predicted molar refractivity (Wildman–Crippen MR) is 114 cm³/mol. The van der Waals surface area contributed by atoms with E-state index in [0.29, 0.717) is 5.56 Å². The number of amides is 1. The first-order valence-corrected chi connectivity index (χ1v) is 9.34. The Labute approximate surface area is 162 Å². The van der Waals surface area contributed by atoms with E-state index in [4.69, 9.17) is 0 Å². The third-order valence-corrected chi connectivity index (χ3v) is 4.79. The summed E-state index contributed by atoms with van der Waals surface area (Å²) in [6.45, 7) is 10.6. The van der Waals surface area contributed by atoms with Gasteiger partial charge in [-0.15, -0.1) is 0 Å². The maximum absolute atomic E-state index is 13.4. The van der Waals surface area contributed by atoms with Crippen LogP contribution in [0.25, 0.3) is 0 Å². The Morgan fingerprint density at radius 2 is 1.07 bits per heavy atom. The van der Waals surface area contributed by atoms with Crippen LogP contribution >= 0.6 is 0 Å². The standard InChI is InChI=1S/C25H27NO/c1-18-6-14-22(15-7-18)26(23-16-8-19(2)9-17-23)24(27)20-10-12-21(13-11-20)25(3,4)5/h6-17H,1-5H3. The monoisotopic (exact) mass is 357 g/mol. The summed E-state index contributed by atoms with van der Waals surface area (Å²) in [4.78, 5) is 15.2. The number of hydrogen-bond acceptors (Lipinski definition) is 1. The molecule has 3 aromatic carbocycles. The van der Waals surface area contributed by atoms with Gasteiger partial charge in [0.25, 0.3) is 5.91 Å². The zero-order valence-corrected chi connectivity index (χ0v) is 16.8. The fourth-order valence-electron chi connectivity index (χ4n) is 3.01. The van der Waals surface area contributed by atoms with Crippen molar-refractivity contribution in [3.8, 4) is 0 Å². The van der Waals surface area contributed by atoms with Gasteiger partial charge in [0.15, 0.2) is 0 Å². The minimum Gasteiger partial charge on any atom is -0.277 e. The SMILES string of the molecule is Cc1ccc(N(C(=O)c2ccc(C(C)(C)C)cc2)c2ccc(C)cc2)cc1. The fourth-order valence-corrected chi connectivity index (χ4v) is 3.01. The molecule has 0 spiro atoms. The zero-order chi connectivity index (χ0) is 19.6. The summed E-state index contributed by atoms with van der Waals surface area (Å²) in [5.41, 5.74) is 6.05. The highest BCUT2D eigenvalue weighted by atomic mass is 16.2. The van der Waals surface area contributed by atoms with Crippen molar-refractivity contribution in [3.63, 3.8) is 0 Å². The molecule has 3 aromatic rings. The molecule has 0 unspecified atom stereocenters. The topological polar surface area (TPSA) is 20.3 Å². The van der Waals surface area contributed by atoms with Crippen LogP contribution < -0.4 is 4.90 Å². The Bertz CT molecular complexity index is 869. The molecular weight excluding hydrogens is 330 g/mol. The van der Waals surface area contributed by atoms with Crippen LogP contribution in [-0.4, -0.2) is 5.91 Å². The number of nitrogens with zero attached hydrogens (tertiary/aromatic N) is 1. The van der Waals surface area contributed by atoms with Gasteiger partial charge in [0.2, 0.25) is 0 Å². The Balaban J connectivity index is 2.03. The van der Waals surface area contributed by atoms with E-state index < -0.39 is 0 Å². The van der Waals surface area contributed by atoms with Gasteiger partial charge in [-0.1, -0.05) is 68.3 Å². The van der Waals surface area contributed by atoms with Crippen molar-refractivity contribution in [3.05, 3.63) is 95.1 Å². The first-order chi connectivity index (χ1) is 12.8. The van der Waals surface area contributed by atoms with Gasteiger partial charge < -0.3 is 0 Å². The van der Waals surface area contributed by atoms with E-state index in [-0.39, 0.29) is 11.3 Å². The van der Waals surface area contributed by atoms with Gasteiger partial charge in [0.05, 0.1) is 0 Å². The summed E-state index contributed by atoms with van der Waals surface area (Å²) < 4.78 is 0. The lowest BCUT2D eigenvalue weighted by Crippen LogP contribution is -2.26. The lowest BCUT2D eigenvalue weighted by molar-refractivity contribution is 0.0999. The van der Waals surface area contributed by atoms with Crippen molar-refractivity contribution in [2.75, 3.05) is 4.90 Å². The number of carbonyl (C=O) groups excluding carboxylic acids is 1. The average molecular weight is 357 g/mol. The van der Waals surface area contributed by atoms with Gasteiger partial charge in [0, 0.05) is 16.9 Å². The van der Waals surface area contributed by atoms with Crippen LogP contribution in [0.15, 0.2) is 72.8 Å². The van der Waals surface area contributed by atoms with Crippen molar-refractivity contribution in [1.82, 2.24) is 0 Å². The van der Waals surface area contributed by atoms with Crippen LogP contribution in [0.4, 0.5) is 11.4 Å². The molecule has 27 heavy (non-hydrogen) atoms. The number of hydrogen-bond donors (Lipinski definition) is 0. The van der Waals surface area contributed by atoms with E-state index in [1.165, 1.54) is 16.7 Å². The Hall–Kier alpha value is -2.87. The highest BCUT2D eigenvalue weighted by Gasteiger charge is 2.21. The fraction of sp³-hybridized carbons (Fsp3) is 0.240. The van der Waals surface area contributed by atoms with E-state index in [1.54, 1.807) is 4.90 Å². The van der Waals surface area contributed by atoms with Crippen LogP contribution in [0.2, 0.25) is 0 Å². The molecule has 0 saturated carbocycles. The van der Waals surface area contributed by atoms with E-state index in [2.05, 4.69) is 32.9 Å². The third-order valence-electron chi connectivity index (χ3n) is 4.79. The summed E-state index contributed by atoms with van der Waals surface area (Å²) in [6.07, 6.45) is 0. The highest BCUT2D eigenvalue weighted by molar-refractivity contribution is 6.10. The molecule has 0 aliphatic rings. The highest BCUT2D eigenvalue weighted by Crippen LogP contribution is 2.29. The second-order valence-electron chi connectivity index (χ2n) is 8.14. The van der Waals surface area contributed by atoms with E-state index in [1.807, 2.05) is 74.5 Å². The van der Waals surface area contributed by atoms with E-state index in [9.17, 15) is 4.79 Å². The molecule has 0 heterocycles. The van der Waals surface area contributed by atoms with Crippen LogP contribution in [0.5, 0.6) is 0 Å². The molecule has 2 heteroatoms. The Kier molecular flexibility index (Phi) is 5.18. The first-order valence-electron chi connectivity index (χ1n) is 9.34. The normalized spacial score (nSPS) is 11.3. The second kappa shape index (κ2) is 7.40. The summed E-state index contributed by atoms with van der Waals surface area (Å²) in [6, 6.07) is 24.1. The largest absolute Gasteiger partial charge is 0.277 e. The Morgan fingerprint density at radius 1 is 0.667 bits per heavy atom. The van der Waals surface area contributed by atoms with Crippen LogP contribution in [-0.2, 0) is 5.41 Å². The summed E-state index contributed by atoms with van der Waals surface area (Å²) in [5.74, 6) is -0.0248. The quantitative estimate of drug-likeness (QED) is 0.518. The summed E-state index contributed by atoms with van der Waals surface area (Å²) >= 11 is 0. The van der Waals surface area contributed by atoms with Gasteiger partial charge in [-0.3, -0.25) is 9.69 Å². The summed E-state index contributed by atoms with van der Waals surface area (Å²) in [7, 11) is 0. The molecule has 0 fully saturated rings. The lowest BCUT2D eigenvalue weighted by atomic mass is 9.86. The molecule has 0 radical (unpaired) electrons. The van der Waals surface area contributed by atoms with Crippen LogP contribution in [0, 0.1) is 13.8 Å². The molecule has 2 nitrogen and oxygen atoms in total. The number of benzene rings is 3. The molecule has 138 valence electrons. The molecule has 0 aliphatic heterocycles. The smallest absolute Gasteiger partial charge is 0.262 e. The zero-order valence-electron chi connectivity index (χ0n) is 16.8. The Morgan fingerprint density at radius 3 is 1.44 bits per heavy atom. The van der Waals surface area contributed by atoms with E-state index in [0.717, 1.165) is 11.4 Å². The number of anilines is 2. The van der Waals surface area contributed by atoms with Gasteiger partial charge in [-0.2, -0.15) is 0 Å². The van der Waals surface area contributed by atoms with Gasteiger partial charge in [0.1, 0.15) is 0 Å². The molecule has 1 amide bonds. The van der Waals surface area contributed by atoms with Crippen molar-refractivity contribution >= 4 is 17.3 Å². The van der Waals surface area contributed by atoms with E-state index >= 15 is 0 Å². The molecule has 0 aliphatic carbocycles. The van der Waals surface area contributed by atoms with Crippen LogP contribution in [0.3, 0.4) is 0 Å². The number of aryl methyl sites for hydroxylation is 2. The molecular formula is C25H27NO. The van der Waals surface area contributed by atoms with Crippen molar-refractivity contribution in [2.24, 2.45) is 0 Å². The van der Waals surface area contributed by atoms with Crippen molar-refractivity contribution in [1.29, 1.82) is 0 Å².